The summed E-state index contributed by atoms with van der Waals surface area (Å²) in [6.45, 7) is 1.79. The molecule has 2 aromatic rings. The van der Waals surface area contributed by atoms with Crippen molar-refractivity contribution in [1.82, 2.24) is 9.97 Å². The first kappa shape index (κ1) is 15.3. The Labute approximate surface area is 130 Å². The molecule has 0 radical (unpaired) electrons. The molecule has 2 rings (SSSR count). The second-order valence-electron chi connectivity index (χ2n) is 3.62. The standard InChI is InChI=1S/C13H10Cl2N2O4/c1-2-19-13(18)21-11-9(10(14)16-12(15)17-11)20-8-6-4-3-5-7-8/h3-7H,2H2,1H3. The van der Waals surface area contributed by atoms with Crippen LogP contribution < -0.4 is 9.47 Å². The van der Waals surface area contributed by atoms with Gasteiger partial charge in [0.15, 0.2) is 5.15 Å². The molecule has 0 amide bonds. The van der Waals surface area contributed by atoms with Crippen molar-refractivity contribution < 1.29 is 19.0 Å². The molecule has 0 N–H and O–H groups in total. The summed E-state index contributed by atoms with van der Waals surface area (Å²) in [7, 11) is 0. The molecule has 0 bridgehead atoms. The largest absolute Gasteiger partial charge is 0.515 e. The lowest BCUT2D eigenvalue weighted by atomic mass is 10.3. The zero-order valence-electron chi connectivity index (χ0n) is 10.9. The van der Waals surface area contributed by atoms with E-state index in [1.165, 1.54) is 0 Å². The zero-order valence-corrected chi connectivity index (χ0v) is 12.4. The molecule has 0 fully saturated rings. The van der Waals surface area contributed by atoms with Crippen LogP contribution >= 0.6 is 23.2 Å². The molecule has 0 atom stereocenters. The molecule has 0 saturated heterocycles. The average molecular weight is 329 g/mol. The third-order valence-electron chi connectivity index (χ3n) is 2.17. The Morgan fingerprint density at radius 2 is 1.90 bits per heavy atom. The molecule has 8 heteroatoms. The predicted molar refractivity (Wildman–Crippen MR) is 76.2 cm³/mol. The summed E-state index contributed by atoms with van der Waals surface area (Å²) in [5.41, 5.74) is 0. The summed E-state index contributed by atoms with van der Waals surface area (Å²) in [5.74, 6) is 0.224. The van der Waals surface area contributed by atoms with Crippen molar-refractivity contribution in [3.05, 3.63) is 40.8 Å². The van der Waals surface area contributed by atoms with Crippen LogP contribution in [0.1, 0.15) is 6.92 Å². The van der Waals surface area contributed by atoms with Crippen LogP contribution in [0.5, 0.6) is 17.4 Å². The third kappa shape index (κ3) is 4.21. The van der Waals surface area contributed by atoms with Crippen molar-refractivity contribution in [1.29, 1.82) is 0 Å². The highest BCUT2D eigenvalue weighted by atomic mass is 35.5. The first-order valence-corrected chi connectivity index (χ1v) is 6.66. The highest BCUT2D eigenvalue weighted by Gasteiger charge is 2.20. The molecular weight excluding hydrogens is 319 g/mol. The molecule has 0 aliphatic heterocycles. The highest BCUT2D eigenvalue weighted by molar-refractivity contribution is 6.33. The summed E-state index contributed by atoms with van der Waals surface area (Å²) in [5, 5.41) is -0.266. The summed E-state index contributed by atoms with van der Waals surface area (Å²) < 4.78 is 15.1. The van der Waals surface area contributed by atoms with Crippen LogP contribution in [0, 0.1) is 0 Å². The van der Waals surface area contributed by atoms with Crippen LogP contribution in [0.15, 0.2) is 30.3 Å². The van der Waals surface area contributed by atoms with Crippen molar-refractivity contribution in [3.63, 3.8) is 0 Å². The molecular formula is C13H10Cl2N2O4. The van der Waals surface area contributed by atoms with Gasteiger partial charge in [-0.3, -0.25) is 0 Å². The Balaban J connectivity index is 2.32. The second kappa shape index (κ2) is 7.10. The maximum atomic E-state index is 11.4. The average Bonchev–Trinajstić information content (AvgIpc) is 2.44. The fourth-order valence-electron chi connectivity index (χ4n) is 1.37. The number of ether oxygens (including phenoxy) is 3. The number of aromatic nitrogens is 2. The second-order valence-corrected chi connectivity index (χ2v) is 4.31. The first-order valence-electron chi connectivity index (χ1n) is 5.90. The minimum absolute atomic E-state index is 0.0275. The van der Waals surface area contributed by atoms with Crippen molar-refractivity contribution in [3.8, 4) is 17.4 Å². The van der Waals surface area contributed by atoms with Gasteiger partial charge in [-0.25, -0.2) is 9.78 Å². The topological polar surface area (TPSA) is 70.5 Å². The normalized spacial score (nSPS) is 10.0. The molecule has 1 heterocycles. The van der Waals surface area contributed by atoms with Crippen molar-refractivity contribution in [2.24, 2.45) is 0 Å². The molecule has 0 unspecified atom stereocenters. The maximum Gasteiger partial charge on any atom is 0.515 e. The van der Waals surface area contributed by atoms with Crippen molar-refractivity contribution >= 4 is 29.4 Å². The van der Waals surface area contributed by atoms with Gasteiger partial charge in [0.05, 0.1) is 6.61 Å². The van der Waals surface area contributed by atoms with E-state index >= 15 is 0 Å². The van der Waals surface area contributed by atoms with E-state index in [1.54, 1.807) is 31.2 Å². The van der Waals surface area contributed by atoms with Crippen LogP contribution in [-0.4, -0.2) is 22.7 Å². The van der Waals surface area contributed by atoms with Gasteiger partial charge in [-0.1, -0.05) is 29.8 Å². The molecule has 0 spiro atoms. The van der Waals surface area contributed by atoms with Crippen LogP contribution in [0.25, 0.3) is 0 Å². The van der Waals surface area contributed by atoms with Gasteiger partial charge >= 0.3 is 6.16 Å². The van der Waals surface area contributed by atoms with Crippen molar-refractivity contribution in [2.45, 2.75) is 6.92 Å². The Bertz CT molecular complexity index is 638. The Morgan fingerprint density at radius 3 is 2.57 bits per heavy atom. The number of nitrogens with zero attached hydrogens (tertiary/aromatic N) is 2. The van der Waals surface area contributed by atoms with Crippen molar-refractivity contribution in [2.75, 3.05) is 6.61 Å². The van der Waals surface area contributed by atoms with Gasteiger partial charge in [0.2, 0.25) is 11.0 Å². The molecule has 0 aliphatic rings. The van der Waals surface area contributed by atoms with E-state index in [2.05, 4.69) is 14.7 Å². The van der Waals surface area contributed by atoms with Crippen LogP contribution in [0.3, 0.4) is 0 Å². The number of hydrogen-bond donors (Lipinski definition) is 0. The summed E-state index contributed by atoms with van der Waals surface area (Å²) in [6.07, 6.45) is -0.943. The van der Waals surface area contributed by atoms with E-state index in [9.17, 15) is 4.79 Å². The lowest BCUT2D eigenvalue weighted by molar-refractivity contribution is 0.101. The summed E-state index contributed by atoms with van der Waals surface area (Å²) in [6, 6.07) is 8.75. The number of rotatable bonds is 4. The van der Waals surface area contributed by atoms with E-state index in [0.29, 0.717) is 5.75 Å². The molecule has 6 nitrogen and oxygen atoms in total. The van der Waals surface area contributed by atoms with E-state index < -0.39 is 6.16 Å². The number of hydrogen-bond acceptors (Lipinski definition) is 6. The quantitative estimate of drug-likeness (QED) is 0.477. The molecule has 110 valence electrons. The zero-order chi connectivity index (χ0) is 15.2. The van der Waals surface area contributed by atoms with E-state index in [4.69, 9.17) is 32.7 Å². The maximum absolute atomic E-state index is 11.4. The summed E-state index contributed by atoms with van der Waals surface area (Å²) >= 11 is 11.6. The summed E-state index contributed by atoms with van der Waals surface area (Å²) in [4.78, 5) is 18.9. The fourth-order valence-corrected chi connectivity index (χ4v) is 1.77. The van der Waals surface area contributed by atoms with Crippen LogP contribution in [0.2, 0.25) is 10.4 Å². The first-order chi connectivity index (χ1) is 10.1. The Morgan fingerprint density at radius 1 is 1.19 bits per heavy atom. The molecule has 0 saturated carbocycles. The van der Waals surface area contributed by atoms with Gasteiger partial charge in [-0.15, -0.1) is 0 Å². The monoisotopic (exact) mass is 328 g/mol. The lowest BCUT2D eigenvalue weighted by Gasteiger charge is -2.11. The Hall–Kier alpha value is -2.05. The minimum Gasteiger partial charge on any atom is -0.448 e. The van der Waals surface area contributed by atoms with E-state index in [0.717, 1.165) is 0 Å². The van der Waals surface area contributed by atoms with E-state index in [-0.39, 0.29) is 28.7 Å². The number of carbonyl (C=O) groups excluding carboxylic acids is 1. The van der Waals surface area contributed by atoms with Gasteiger partial charge in [0, 0.05) is 0 Å². The van der Waals surface area contributed by atoms with Crippen LogP contribution in [-0.2, 0) is 4.74 Å². The highest BCUT2D eigenvalue weighted by Crippen LogP contribution is 2.36. The van der Waals surface area contributed by atoms with Gasteiger partial charge in [0.1, 0.15) is 5.75 Å². The fraction of sp³-hybridized carbons (Fsp3) is 0.154. The smallest absolute Gasteiger partial charge is 0.448 e. The lowest BCUT2D eigenvalue weighted by Crippen LogP contribution is -2.12. The number of halogens is 2. The van der Waals surface area contributed by atoms with Crippen LogP contribution in [0.4, 0.5) is 4.79 Å². The number of carbonyl (C=O) groups is 1. The SMILES string of the molecule is CCOC(=O)Oc1nc(Cl)nc(Cl)c1Oc1ccccc1. The number of benzene rings is 1. The third-order valence-corrected chi connectivity index (χ3v) is 2.60. The molecule has 21 heavy (non-hydrogen) atoms. The minimum atomic E-state index is -0.943. The van der Waals surface area contributed by atoms with Gasteiger partial charge < -0.3 is 14.2 Å². The van der Waals surface area contributed by atoms with Gasteiger partial charge in [-0.05, 0) is 30.7 Å². The molecule has 1 aromatic heterocycles. The van der Waals surface area contributed by atoms with Gasteiger partial charge in [-0.2, -0.15) is 4.98 Å². The predicted octanol–water partition coefficient (Wildman–Crippen LogP) is 4.11. The van der Waals surface area contributed by atoms with E-state index in [1.807, 2.05) is 6.07 Å². The Kier molecular flexibility index (Phi) is 5.19. The molecule has 1 aromatic carbocycles. The molecule has 0 aliphatic carbocycles. The van der Waals surface area contributed by atoms with Gasteiger partial charge in [0.25, 0.3) is 5.88 Å². The number of para-hydroxylation sites is 1.